The molecule has 0 saturated heterocycles. The Morgan fingerprint density at radius 2 is 1.88 bits per heavy atom. The Morgan fingerprint density at radius 1 is 1.08 bits per heavy atom. The van der Waals surface area contributed by atoms with Gasteiger partial charge >= 0.3 is 5.97 Å². The van der Waals surface area contributed by atoms with Crippen molar-refractivity contribution in [2.45, 2.75) is 0 Å². The fourth-order valence-corrected chi connectivity index (χ4v) is 2.35. The van der Waals surface area contributed by atoms with Gasteiger partial charge in [0.1, 0.15) is 11.6 Å². The smallest absolute Gasteiger partial charge is 0.340 e. The first-order valence-electron chi connectivity index (χ1n) is 7.36. The van der Waals surface area contributed by atoms with E-state index in [4.69, 9.17) is 9.47 Å². The quantitative estimate of drug-likeness (QED) is 0.729. The number of para-hydroxylation sites is 1. The van der Waals surface area contributed by atoms with Crippen LogP contribution in [0.15, 0.2) is 60.8 Å². The molecule has 6 nitrogen and oxygen atoms in total. The molecular formula is C18H17N3O3. The van der Waals surface area contributed by atoms with E-state index < -0.39 is 5.97 Å². The molecule has 1 aromatic heterocycles. The van der Waals surface area contributed by atoms with Crippen LogP contribution in [-0.2, 0) is 4.74 Å². The standard InChI is InChI=1S/C18H17N3O3/c1-23-14-8-9-16(15(12-14)18(22)24-2)20-17-10-11-19-21(17)13-6-4-3-5-7-13/h3-12,20H,1-2H3. The van der Waals surface area contributed by atoms with Crippen molar-refractivity contribution in [1.29, 1.82) is 0 Å². The number of rotatable bonds is 5. The topological polar surface area (TPSA) is 65.4 Å². The summed E-state index contributed by atoms with van der Waals surface area (Å²) in [5.74, 6) is 0.871. The summed E-state index contributed by atoms with van der Waals surface area (Å²) in [4.78, 5) is 12.0. The van der Waals surface area contributed by atoms with Gasteiger partial charge in [0.2, 0.25) is 0 Å². The first kappa shape index (κ1) is 15.6. The van der Waals surface area contributed by atoms with E-state index >= 15 is 0 Å². The number of benzene rings is 2. The predicted molar refractivity (Wildman–Crippen MR) is 91.2 cm³/mol. The molecule has 1 heterocycles. The minimum atomic E-state index is -0.442. The third-order valence-electron chi connectivity index (χ3n) is 3.54. The van der Waals surface area contributed by atoms with E-state index in [9.17, 15) is 4.79 Å². The Balaban J connectivity index is 1.98. The number of nitrogens with one attached hydrogen (secondary N) is 1. The van der Waals surface area contributed by atoms with Crippen molar-refractivity contribution >= 4 is 17.5 Å². The molecule has 0 atom stereocenters. The molecule has 0 amide bonds. The van der Waals surface area contributed by atoms with E-state index in [1.807, 2.05) is 36.4 Å². The van der Waals surface area contributed by atoms with Gasteiger partial charge in [-0.25, -0.2) is 9.48 Å². The van der Waals surface area contributed by atoms with Crippen LogP contribution in [0.2, 0.25) is 0 Å². The van der Waals surface area contributed by atoms with Gasteiger partial charge in [-0.2, -0.15) is 5.10 Å². The Bertz CT molecular complexity index is 844. The van der Waals surface area contributed by atoms with Gasteiger partial charge in [0.25, 0.3) is 0 Å². The van der Waals surface area contributed by atoms with Crippen molar-refractivity contribution in [2.75, 3.05) is 19.5 Å². The van der Waals surface area contributed by atoms with Crippen molar-refractivity contribution < 1.29 is 14.3 Å². The van der Waals surface area contributed by atoms with Crippen molar-refractivity contribution in [3.05, 3.63) is 66.4 Å². The highest BCUT2D eigenvalue weighted by molar-refractivity contribution is 5.97. The van der Waals surface area contributed by atoms with Crippen LogP contribution in [0.3, 0.4) is 0 Å². The summed E-state index contributed by atoms with van der Waals surface area (Å²) in [5.41, 5.74) is 1.91. The molecule has 0 aliphatic rings. The first-order chi connectivity index (χ1) is 11.7. The number of esters is 1. The molecule has 0 radical (unpaired) electrons. The largest absolute Gasteiger partial charge is 0.497 e. The Hall–Kier alpha value is -3.28. The average Bonchev–Trinajstić information content (AvgIpc) is 3.10. The lowest BCUT2D eigenvalue weighted by Crippen LogP contribution is -2.08. The Labute approximate surface area is 139 Å². The number of carbonyl (C=O) groups excluding carboxylic acids is 1. The summed E-state index contributed by atoms with van der Waals surface area (Å²) < 4.78 is 11.8. The third kappa shape index (κ3) is 3.08. The molecule has 1 N–H and O–H groups in total. The molecule has 0 fully saturated rings. The van der Waals surface area contributed by atoms with Crippen molar-refractivity contribution in [3.8, 4) is 11.4 Å². The monoisotopic (exact) mass is 323 g/mol. The van der Waals surface area contributed by atoms with E-state index in [0.717, 1.165) is 11.5 Å². The number of ether oxygens (including phenoxy) is 2. The van der Waals surface area contributed by atoms with Crippen molar-refractivity contribution in [1.82, 2.24) is 9.78 Å². The average molecular weight is 323 g/mol. The van der Waals surface area contributed by atoms with E-state index in [0.29, 0.717) is 17.0 Å². The van der Waals surface area contributed by atoms with Gasteiger partial charge in [-0.15, -0.1) is 0 Å². The summed E-state index contributed by atoms with van der Waals surface area (Å²) in [7, 11) is 2.90. The van der Waals surface area contributed by atoms with Gasteiger partial charge in [0.15, 0.2) is 0 Å². The molecule has 0 spiro atoms. The van der Waals surface area contributed by atoms with Crippen molar-refractivity contribution in [3.63, 3.8) is 0 Å². The van der Waals surface area contributed by atoms with E-state index in [-0.39, 0.29) is 0 Å². The lowest BCUT2D eigenvalue weighted by Gasteiger charge is -2.13. The van der Waals surface area contributed by atoms with Crippen LogP contribution in [0.25, 0.3) is 5.69 Å². The van der Waals surface area contributed by atoms with Gasteiger partial charge in [0, 0.05) is 6.07 Å². The van der Waals surface area contributed by atoms with Gasteiger partial charge in [0.05, 0.1) is 37.4 Å². The van der Waals surface area contributed by atoms with Crippen LogP contribution >= 0.6 is 0 Å². The number of aromatic nitrogens is 2. The Morgan fingerprint density at radius 3 is 2.58 bits per heavy atom. The number of methoxy groups -OCH3 is 2. The molecule has 3 rings (SSSR count). The van der Waals surface area contributed by atoms with Gasteiger partial charge in [-0.3, -0.25) is 0 Å². The van der Waals surface area contributed by atoms with Gasteiger partial charge in [-0.05, 0) is 30.3 Å². The maximum atomic E-state index is 12.0. The Kier molecular flexibility index (Phi) is 4.47. The lowest BCUT2D eigenvalue weighted by atomic mass is 10.1. The summed E-state index contributed by atoms with van der Waals surface area (Å²) in [6.07, 6.45) is 1.69. The van der Waals surface area contributed by atoms with E-state index in [2.05, 4.69) is 10.4 Å². The highest BCUT2D eigenvalue weighted by Crippen LogP contribution is 2.27. The minimum absolute atomic E-state index is 0.387. The van der Waals surface area contributed by atoms with Crippen LogP contribution in [-0.4, -0.2) is 30.0 Å². The fourth-order valence-electron chi connectivity index (χ4n) is 2.35. The lowest BCUT2D eigenvalue weighted by molar-refractivity contribution is 0.0601. The maximum absolute atomic E-state index is 12.0. The first-order valence-corrected chi connectivity index (χ1v) is 7.36. The summed E-state index contributed by atoms with van der Waals surface area (Å²) in [6, 6.07) is 16.7. The number of anilines is 2. The SMILES string of the molecule is COC(=O)c1cc(OC)ccc1Nc1ccnn1-c1ccccc1. The molecule has 0 aliphatic carbocycles. The second kappa shape index (κ2) is 6.87. The van der Waals surface area contributed by atoms with Crippen molar-refractivity contribution in [2.24, 2.45) is 0 Å². The highest BCUT2D eigenvalue weighted by Gasteiger charge is 2.15. The number of hydrogen-bond donors (Lipinski definition) is 1. The molecule has 0 bridgehead atoms. The molecule has 3 aromatic rings. The highest BCUT2D eigenvalue weighted by atomic mass is 16.5. The normalized spacial score (nSPS) is 10.2. The minimum Gasteiger partial charge on any atom is -0.497 e. The van der Waals surface area contributed by atoms with Crippen LogP contribution in [0.1, 0.15) is 10.4 Å². The fraction of sp³-hybridized carbons (Fsp3) is 0.111. The zero-order chi connectivity index (χ0) is 16.9. The molecule has 122 valence electrons. The molecule has 0 aliphatic heterocycles. The molecule has 2 aromatic carbocycles. The summed E-state index contributed by atoms with van der Waals surface area (Å²) in [5, 5.41) is 7.55. The molecule has 24 heavy (non-hydrogen) atoms. The summed E-state index contributed by atoms with van der Waals surface area (Å²) in [6.45, 7) is 0. The molecule has 0 saturated carbocycles. The van der Waals surface area contributed by atoms with Crippen LogP contribution in [0.5, 0.6) is 5.75 Å². The molecule has 0 unspecified atom stereocenters. The number of carbonyl (C=O) groups is 1. The zero-order valence-corrected chi connectivity index (χ0v) is 13.4. The second-order valence-electron chi connectivity index (χ2n) is 4.99. The number of hydrogen-bond acceptors (Lipinski definition) is 5. The maximum Gasteiger partial charge on any atom is 0.340 e. The van der Waals surface area contributed by atoms with Gasteiger partial charge in [-0.1, -0.05) is 18.2 Å². The molecule has 6 heteroatoms. The van der Waals surface area contributed by atoms with Crippen LogP contribution in [0.4, 0.5) is 11.5 Å². The van der Waals surface area contributed by atoms with Crippen LogP contribution < -0.4 is 10.1 Å². The van der Waals surface area contributed by atoms with Crippen LogP contribution in [0, 0.1) is 0 Å². The summed E-state index contributed by atoms with van der Waals surface area (Å²) >= 11 is 0. The van der Waals surface area contributed by atoms with Gasteiger partial charge < -0.3 is 14.8 Å². The second-order valence-corrected chi connectivity index (χ2v) is 4.99. The zero-order valence-electron chi connectivity index (χ0n) is 13.4. The number of nitrogens with zero attached hydrogens (tertiary/aromatic N) is 2. The third-order valence-corrected chi connectivity index (χ3v) is 3.54. The molecular weight excluding hydrogens is 306 g/mol. The van der Waals surface area contributed by atoms with E-state index in [1.54, 1.807) is 36.2 Å². The van der Waals surface area contributed by atoms with E-state index in [1.165, 1.54) is 7.11 Å². The predicted octanol–water partition coefficient (Wildman–Crippen LogP) is 3.41.